The summed E-state index contributed by atoms with van der Waals surface area (Å²) in [5, 5.41) is 15.8. The fourth-order valence-corrected chi connectivity index (χ4v) is 2.71. The summed E-state index contributed by atoms with van der Waals surface area (Å²) in [6.45, 7) is 3.09. The van der Waals surface area contributed by atoms with E-state index < -0.39 is 0 Å². The number of urea groups is 1. The molecule has 0 aromatic heterocycles. The lowest BCUT2D eigenvalue weighted by atomic mass is 9.73. The van der Waals surface area contributed by atoms with Crippen molar-refractivity contribution in [1.29, 1.82) is 0 Å². The van der Waals surface area contributed by atoms with Gasteiger partial charge in [0.15, 0.2) is 0 Å². The third-order valence-corrected chi connectivity index (χ3v) is 4.23. The van der Waals surface area contributed by atoms with E-state index in [1.165, 1.54) is 0 Å². The molecule has 20 heavy (non-hydrogen) atoms. The summed E-state index contributed by atoms with van der Waals surface area (Å²) >= 11 is 0. The van der Waals surface area contributed by atoms with E-state index >= 15 is 0 Å². The van der Waals surface area contributed by atoms with Gasteiger partial charge in [0.25, 0.3) is 0 Å². The van der Waals surface area contributed by atoms with Crippen LogP contribution in [0.2, 0.25) is 0 Å². The molecule has 0 aliphatic heterocycles. The number of benzene rings is 1. The fraction of sp³-hybridized carbons (Fsp3) is 0.562. The molecule has 1 aromatic rings. The van der Waals surface area contributed by atoms with Gasteiger partial charge in [-0.15, -0.1) is 0 Å². The standard InChI is InChI=1S/C16H24N2O2/c1-16(10-6-5-9-14(16)19)12-18-15(20)17-11-13-7-3-2-4-8-13/h2-4,7-8,14,19H,5-6,9-12H2,1H3,(H2,17,18,20). The maximum Gasteiger partial charge on any atom is 0.315 e. The van der Waals surface area contributed by atoms with Crippen LogP contribution < -0.4 is 10.6 Å². The van der Waals surface area contributed by atoms with E-state index in [2.05, 4.69) is 10.6 Å². The number of rotatable bonds is 4. The van der Waals surface area contributed by atoms with E-state index in [4.69, 9.17) is 0 Å². The first-order valence-corrected chi connectivity index (χ1v) is 7.34. The maximum absolute atomic E-state index is 11.8. The highest BCUT2D eigenvalue weighted by Gasteiger charge is 2.35. The van der Waals surface area contributed by atoms with Crippen molar-refractivity contribution >= 4 is 6.03 Å². The lowest BCUT2D eigenvalue weighted by Gasteiger charge is -2.38. The Kier molecular flexibility index (Phi) is 5.01. The van der Waals surface area contributed by atoms with Crippen molar-refractivity contribution in [3.8, 4) is 0 Å². The van der Waals surface area contributed by atoms with Gasteiger partial charge in [-0.1, -0.05) is 50.1 Å². The van der Waals surface area contributed by atoms with Crippen molar-refractivity contribution in [2.24, 2.45) is 5.41 Å². The van der Waals surface area contributed by atoms with Gasteiger partial charge in [0.2, 0.25) is 0 Å². The molecule has 4 nitrogen and oxygen atoms in total. The van der Waals surface area contributed by atoms with E-state index in [0.717, 1.165) is 31.2 Å². The Morgan fingerprint density at radius 2 is 2.05 bits per heavy atom. The molecule has 1 aliphatic carbocycles. The minimum absolute atomic E-state index is 0.173. The number of nitrogens with one attached hydrogen (secondary N) is 2. The molecule has 1 aromatic carbocycles. The second-order valence-electron chi connectivity index (χ2n) is 5.94. The average molecular weight is 276 g/mol. The molecule has 0 spiro atoms. The summed E-state index contributed by atoms with van der Waals surface area (Å²) in [6, 6.07) is 9.64. The highest BCUT2D eigenvalue weighted by atomic mass is 16.3. The molecule has 0 bridgehead atoms. The minimum atomic E-state index is -0.314. The molecular weight excluding hydrogens is 252 g/mol. The number of aliphatic hydroxyl groups excluding tert-OH is 1. The molecule has 0 saturated heterocycles. The average Bonchev–Trinajstić information content (AvgIpc) is 2.47. The van der Waals surface area contributed by atoms with Crippen molar-refractivity contribution in [1.82, 2.24) is 10.6 Å². The molecule has 3 N–H and O–H groups in total. The molecule has 2 rings (SSSR count). The highest BCUT2D eigenvalue weighted by molar-refractivity contribution is 5.73. The molecule has 0 heterocycles. The second kappa shape index (κ2) is 6.75. The smallest absolute Gasteiger partial charge is 0.315 e. The Bertz CT molecular complexity index is 435. The van der Waals surface area contributed by atoms with Crippen LogP contribution in [0.25, 0.3) is 0 Å². The van der Waals surface area contributed by atoms with Crippen LogP contribution in [0.3, 0.4) is 0 Å². The second-order valence-corrected chi connectivity index (χ2v) is 5.94. The summed E-state index contributed by atoms with van der Waals surface area (Å²) in [5.74, 6) is 0. The Labute approximate surface area is 120 Å². The van der Waals surface area contributed by atoms with Crippen LogP contribution in [0.15, 0.2) is 30.3 Å². The van der Waals surface area contributed by atoms with E-state index in [1.807, 2.05) is 37.3 Å². The van der Waals surface area contributed by atoms with Gasteiger partial charge in [0.1, 0.15) is 0 Å². The first kappa shape index (κ1) is 14.9. The van der Waals surface area contributed by atoms with Crippen molar-refractivity contribution < 1.29 is 9.90 Å². The molecular formula is C16H24N2O2. The Morgan fingerprint density at radius 1 is 1.30 bits per heavy atom. The van der Waals surface area contributed by atoms with Gasteiger partial charge in [0, 0.05) is 18.5 Å². The van der Waals surface area contributed by atoms with Crippen molar-refractivity contribution in [3.05, 3.63) is 35.9 Å². The topological polar surface area (TPSA) is 61.4 Å². The largest absolute Gasteiger partial charge is 0.392 e. The van der Waals surface area contributed by atoms with Crippen LogP contribution in [0.5, 0.6) is 0 Å². The van der Waals surface area contributed by atoms with Crippen LogP contribution >= 0.6 is 0 Å². The molecule has 110 valence electrons. The highest BCUT2D eigenvalue weighted by Crippen LogP contribution is 2.35. The molecule has 1 fully saturated rings. The first-order chi connectivity index (χ1) is 9.60. The van der Waals surface area contributed by atoms with Gasteiger partial charge >= 0.3 is 6.03 Å². The van der Waals surface area contributed by atoms with Crippen LogP contribution in [0.1, 0.15) is 38.2 Å². The number of aliphatic hydroxyl groups is 1. The van der Waals surface area contributed by atoms with E-state index in [1.54, 1.807) is 0 Å². The zero-order chi connectivity index (χ0) is 14.4. The summed E-state index contributed by atoms with van der Waals surface area (Å²) in [6.07, 6.45) is 3.69. The van der Waals surface area contributed by atoms with Crippen LogP contribution in [0.4, 0.5) is 4.79 Å². The van der Waals surface area contributed by atoms with Crippen LogP contribution in [0, 0.1) is 5.41 Å². The predicted octanol–water partition coefficient (Wildman–Crippen LogP) is 2.43. The van der Waals surface area contributed by atoms with Gasteiger partial charge in [-0.25, -0.2) is 4.79 Å². The summed E-state index contributed by atoms with van der Waals surface area (Å²) in [5.41, 5.74) is 0.883. The van der Waals surface area contributed by atoms with Crippen molar-refractivity contribution in [2.45, 2.75) is 45.3 Å². The molecule has 2 unspecified atom stereocenters. The van der Waals surface area contributed by atoms with Gasteiger partial charge < -0.3 is 15.7 Å². The van der Waals surface area contributed by atoms with Gasteiger partial charge in [0.05, 0.1) is 6.10 Å². The number of carbonyl (C=O) groups excluding carboxylic acids is 1. The number of amides is 2. The van der Waals surface area contributed by atoms with E-state index in [9.17, 15) is 9.90 Å². The fourth-order valence-electron chi connectivity index (χ4n) is 2.71. The third-order valence-electron chi connectivity index (χ3n) is 4.23. The van der Waals surface area contributed by atoms with E-state index in [-0.39, 0.29) is 17.6 Å². The predicted molar refractivity (Wildman–Crippen MR) is 79.3 cm³/mol. The molecule has 2 amide bonds. The maximum atomic E-state index is 11.8. The van der Waals surface area contributed by atoms with Crippen LogP contribution in [-0.4, -0.2) is 23.8 Å². The SMILES string of the molecule is CC1(CNC(=O)NCc2ccccc2)CCCCC1O. The molecule has 1 aliphatic rings. The Hall–Kier alpha value is -1.55. The molecule has 0 radical (unpaired) electrons. The monoisotopic (exact) mass is 276 g/mol. The minimum Gasteiger partial charge on any atom is -0.392 e. The summed E-state index contributed by atoms with van der Waals surface area (Å²) < 4.78 is 0. The lowest BCUT2D eigenvalue weighted by Crippen LogP contribution is -2.47. The molecule has 2 atom stereocenters. The Morgan fingerprint density at radius 3 is 2.75 bits per heavy atom. The zero-order valence-electron chi connectivity index (χ0n) is 12.1. The molecule has 4 heteroatoms. The Balaban J connectivity index is 1.74. The van der Waals surface area contributed by atoms with Crippen molar-refractivity contribution in [3.63, 3.8) is 0 Å². The quantitative estimate of drug-likeness (QED) is 0.791. The summed E-state index contributed by atoms with van der Waals surface area (Å²) in [4.78, 5) is 11.8. The third kappa shape index (κ3) is 3.97. The van der Waals surface area contributed by atoms with Gasteiger partial charge in [-0.05, 0) is 18.4 Å². The number of carbonyl (C=O) groups is 1. The zero-order valence-corrected chi connectivity index (χ0v) is 12.1. The molecule has 1 saturated carbocycles. The number of hydrogen-bond donors (Lipinski definition) is 3. The first-order valence-electron chi connectivity index (χ1n) is 7.34. The van der Waals surface area contributed by atoms with Crippen LogP contribution in [-0.2, 0) is 6.54 Å². The lowest BCUT2D eigenvalue weighted by molar-refractivity contribution is 0.00309. The van der Waals surface area contributed by atoms with Crippen molar-refractivity contribution in [2.75, 3.05) is 6.54 Å². The summed E-state index contributed by atoms with van der Waals surface area (Å²) in [7, 11) is 0. The van der Waals surface area contributed by atoms with Gasteiger partial charge in [-0.3, -0.25) is 0 Å². The normalized spacial score (nSPS) is 26.0. The van der Waals surface area contributed by atoms with Gasteiger partial charge in [-0.2, -0.15) is 0 Å². The van der Waals surface area contributed by atoms with E-state index in [0.29, 0.717) is 13.1 Å². The number of hydrogen-bond acceptors (Lipinski definition) is 2.